The molecular formula is C17H29NO2. The van der Waals surface area contributed by atoms with Gasteiger partial charge < -0.3 is 14.9 Å². The van der Waals surface area contributed by atoms with Gasteiger partial charge >= 0.3 is 0 Å². The summed E-state index contributed by atoms with van der Waals surface area (Å²) in [6.45, 7) is 10.0. The molecule has 0 aromatic carbocycles. The third kappa shape index (κ3) is 3.64. The van der Waals surface area contributed by atoms with Gasteiger partial charge in [-0.2, -0.15) is 0 Å². The van der Waals surface area contributed by atoms with E-state index in [2.05, 4.69) is 20.8 Å². The molecular weight excluding hydrogens is 250 g/mol. The second-order valence-electron chi connectivity index (χ2n) is 6.67. The van der Waals surface area contributed by atoms with Crippen LogP contribution in [0.15, 0.2) is 10.5 Å². The summed E-state index contributed by atoms with van der Waals surface area (Å²) in [5.41, 5.74) is 6.77. The van der Waals surface area contributed by atoms with Gasteiger partial charge in [0, 0.05) is 12.1 Å². The van der Waals surface area contributed by atoms with Gasteiger partial charge in [0.2, 0.25) is 0 Å². The Balaban J connectivity index is 1.96. The lowest BCUT2D eigenvalue weighted by atomic mass is 9.75. The first-order valence-electron chi connectivity index (χ1n) is 7.91. The molecule has 1 heterocycles. The van der Waals surface area contributed by atoms with Gasteiger partial charge in [-0.25, -0.2) is 0 Å². The molecule has 2 rings (SSSR count). The lowest BCUT2D eigenvalue weighted by Gasteiger charge is -2.37. The summed E-state index contributed by atoms with van der Waals surface area (Å²) >= 11 is 0. The number of ether oxygens (including phenoxy) is 1. The van der Waals surface area contributed by atoms with Gasteiger partial charge in [-0.05, 0) is 43.6 Å². The Bertz CT molecular complexity index is 425. The predicted molar refractivity (Wildman–Crippen MR) is 81.3 cm³/mol. The Morgan fingerprint density at radius 2 is 2.15 bits per heavy atom. The van der Waals surface area contributed by atoms with E-state index in [-0.39, 0.29) is 0 Å². The topological polar surface area (TPSA) is 48.4 Å². The molecule has 3 unspecified atom stereocenters. The highest BCUT2D eigenvalue weighted by atomic mass is 16.5. The molecule has 1 aliphatic rings. The van der Waals surface area contributed by atoms with Crippen molar-refractivity contribution in [3.63, 3.8) is 0 Å². The van der Waals surface area contributed by atoms with Crippen molar-refractivity contribution in [1.82, 2.24) is 0 Å². The minimum absolute atomic E-state index is 0.366. The van der Waals surface area contributed by atoms with Crippen LogP contribution in [0.25, 0.3) is 0 Å². The lowest BCUT2D eigenvalue weighted by Crippen LogP contribution is -2.34. The molecule has 2 N–H and O–H groups in total. The van der Waals surface area contributed by atoms with Crippen LogP contribution in [-0.4, -0.2) is 6.10 Å². The van der Waals surface area contributed by atoms with Crippen molar-refractivity contribution in [3.05, 3.63) is 23.2 Å². The SMILES string of the molecule is Cc1oc(COC2CC(C)CCC2C(C)C)cc1CN. The molecule has 3 nitrogen and oxygen atoms in total. The van der Waals surface area contributed by atoms with Crippen molar-refractivity contribution in [2.24, 2.45) is 23.5 Å². The van der Waals surface area contributed by atoms with Crippen LogP contribution >= 0.6 is 0 Å². The van der Waals surface area contributed by atoms with Crippen molar-refractivity contribution >= 4 is 0 Å². The number of furan rings is 1. The smallest absolute Gasteiger partial charge is 0.130 e. The van der Waals surface area contributed by atoms with Crippen molar-refractivity contribution < 1.29 is 9.15 Å². The largest absolute Gasteiger partial charge is 0.464 e. The first-order chi connectivity index (χ1) is 9.51. The highest BCUT2D eigenvalue weighted by Crippen LogP contribution is 2.35. The van der Waals surface area contributed by atoms with E-state index in [1.807, 2.05) is 13.0 Å². The number of hydrogen-bond donors (Lipinski definition) is 1. The van der Waals surface area contributed by atoms with Crippen LogP contribution in [0.5, 0.6) is 0 Å². The van der Waals surface area contributed by atoms with Crippen LogP contribution < -0.4 is 5.73 Å². The van der Waals surface area contributed by atoms with Crippen LogP contribution in [0, 0.1) is 24.7 Å². The standard InChI is InChI=1S/C17H29NO2/c1-11(2)16-6-5-12(3)7-17(16)19-10-15-8-14(9-18)13(4)20-15/h8,11-12,16-17H,5-7,9-10,18H2,1-4H3. The molecule has 0 aliphatic heterocycles. The molecule has 0 spiro atoms. The molecule has 0 radical (unpaired) electrons. The Hall–Kier alpha value is -0.800. The van der Waals surface area contributed by atoms with Gasteiger partial charge in [0.25, 0.3) is 0 Å². The second-order valence-corrected chi connectivity index (χ2v) is 6.67. The molecule has 1 aromatic rings. The molecule has 1 saturated carbocycles. The predicted octanol–water partition coefficient (Wildman–Crippen LogP) is 4.02. The minimum atomic E-state index is 0.366. The van der Waals surface area contributed by atoms with Crippen molar-refractivity contribution in [2.75, 3.05) is 0 Å². The fraction of sp³-hybridized carbons (Fsp3) is 0.765. The molecule has 1 aromatic heterocycles. The Morgan fingerprint density at radius 3 is 2.75 bits per heavy atom. The normalized spacial score (nSPS) is 27.2. The third-order valence-corrected chi connectivity index (χ3v) is 4.69. The summed E-state index contributed by atoms with van der Waals surface area (Å²) in [4.78, 5) is 0. The van der Waals surface area contributed by atoms with Gasteiger partial charge in [-0.3, -0.25) is 0 Å². The van der Waals surface area contributed by atoms with E-state index < -0.39 is 0 Å². The summed E-state index contributed by atoms with van der Waals surface area (Å²) in [5, 5.41) is 0. The zero-order chi connectivity index (χ0) is 14.7. The van der Waals surface area contributed by atoms with Gasteiger partial charge in [0.05, 0.1) is 6.10 Å². The maximum absolute atomic E-state index is 6.19. The summed E-state index contributed by atoms with van der Waals surface area (Å²) in [6, 6.07) is 2.03. The van der Waals surface area contributed by atoms with Gasteiger partial charge in [0.15, 0.2) is 0 Å². The van der Waals surface area contributed by atoms with Gasteiger partial charge in [-0.15, -0.1) is 0 Å². The van der Waals surface area contributed by atoms with Crippen molar-refractivity contribution in [3.8, 4) is 0 Å². The highest BCUT2D eigenvalue weighted by molar-refractivity contribution is 5.20. The summed E-state index contributed by atoms with van der Waals surface area (Å²) < 4.78 is 11.9. The molecule has 1 fully saturated rings. The monoisotopic (exact) mass is 279 g/mol. The van der Waals surface area contributed by atoms with Gasteiger partial charge in [0.1, 0.15) is 18.1 Å². The van der Waals surface area contributed by atoms with Crippen LogP contribution in [0.4, 0.5) is 0 Å². The van der Waals surface area contributed by atoms with E-state index >= 15 is 0 Å². The van der Waals surface area contributed by atoms with Crippen LogP contribution in [0.1, 0.15) is 57.1 Å². The minimum Gasteiger partial charge on any atom is -0.464 e. The molecule has 3 heteroatoms. The molecule has 0 amide bonds. The fourth-order valence-corrected chi connectivity index (χ4v) is 3.36. The molecule has 0 bridgehead atoms. The van der Waals surface area contributed by atoms with E-state index in [1.54, 1.807) is 0 Å². The first kappa shape index (κ1) is 15.6. The second kappa shape index (κ2) is 6.77. The van der Waals surface area contributed by atoms with E-state index in [0.29, 0.717) is 31.1 Å². The number of aryl methyl sites for hydroxylation is 1. The Kier molecular flexibility index (Phi) is 5.28. The van der Waals surface area contributed by atoms with E-state index in [0.717, 1.165) is 23.0 Å². The molecule has 114 valence electrons. The zero-order valence-corrected chi connectivity index (χ0v) is 13.3. The summed E-state index contributed by atoms with van der Waals surface area (Å²) in [7, 11) is 0. The average molecular weight is 279 g/mol. The van der Waals surface area contributed by atoms with E-state index in [1.165, 1.54) is 19.3 Å². The van der Waals surface area contributed by atoms with E-state index in [9.17, 15) is 0 Å². The molecule has 20 heavy (non-hydrogen) atoms. The zero-order valence-electron chi connectivity index (χ0n) is 13.3. The van der Waals surface area contributed by atoms with Crippen LogP contribution in [0.2, 0.25) is 0 Å². The van der Waals surface area contributed by atoms with Gasteiger partial charge in [-0.1, -0.05) is 27.2 Å². The highest BCUT2D eigenvalue weighted by Gasteiger charge is 2.31. The third-order valence-electron chi connectivity index (χ3n) is 4.69. The lowest BCUT2D eigenvalue weighted by molar-refractivity contribution is -0.0524. The fourth-order valence-electron chi connectivity index (χ4n) is 3.36. The number of hydrogen-bond acceptors (Lipinski definition) is 3. The Labute approximate surface area is 122 Å². The van der Waals surface area contributed by atoms with Crippen molar-refractivity contribution in [1.29, 1.82) is 0 Å². The maximum Gasteiger partial charge on any atom is 0.130 e. The van der Waals surface area contributed by atoms with E-state index in [4.69, 9.17) is 14.9 Å². The number of rotatable bonds is 5. The quantitative estimate of drug-likeness (QED) is 0.885. The van der Waals surface area contributed by atoms with Crippen LogP contribution in [0.3, 0.4) is 0 Å². The maximum atomic E-state index is 6.19. The molecule has 0 saturated heterocycles. The molecule has 3 atom stereocenters. The molecule has 1 aliphatic carbocycles. The summed E-state index contributed by atoms with van der Waals surface area (Å²) in [5.74, 6) is 3.96. The summed E-state index contributed by atoms with van der Waals surface area (Å²) in [6.07, 6.45) is 4.16. The first-order valence-corrected chi connectivity index (χ1v) is 7.91. The Morgan fingerprint density at radius 1 is 1.40 bits per heavy atom. The van der Waals surface area contributed by atoms with Crippen LogP contribution in [-0.2, 0) is 17.9 Å². The number of nitrogens with two attached hydrogens (primary N) is 1. The average Bonchev–Trinajstić information content (AvgIpc) is 2.76. The van der Waals surface area contributed by atoms with Crippen molar-refractivity contribution in [2.45, 2.75) is 66.2 Å².